The highest BCUT2D eigenvalue weighted by atomic mass is 16.5. The first-order valence-corrected chi connectivity index (χ1v) is 8.48. The van der Waals surface area contributed by atoms with Gasteiger partial charge in [-0.05, 0) is 31.0 Å². The van der Waals surface area contributed by atoms with Crippen molar-refractivity contribution in [3.63, 3.8) is 0 Å². The highest BCUT2D eigenvalue weighted by molar-refractivity contribution is 5.92. The van der Waals surface area contributed by atoms with Crippen LogP contribution in [0.1, 0.15) is 36.2 Å². The zero-order chi connectivity index (χ0) is 17.4. The van der Waals surface area contributed by atoms with E-state index in [1.165, 1.54) is 0 Å². The summed E-state index contributed by atoms with van der Waals surface area (Å²) in [5.74, 6) is -0.749. The molecule has 1 heterocycles. The van der Waals surface area contributed by atoms with E-state index in [4.69, 9.17) is 9.47 Å². The molecule has 1 aromatic rings. The van der Waals surface area contributed by atoms with Crippen molar-refractivity contribution in [3.05, 3.63) is 35.4 Å². The van der Waals surface area contributed by atoms with Crippen molar-refractivity contribution in [3.8, 4) is 0 Å². The predicted molar refractivity (Wildman–Crippen MR) is 90.7 cm³/mol. The Hall–Kier alpha value is -1.92. The van der Waals surface area contributed by atoms with E-state index in [1.807, 2.05) is 19.1 Å². The second kappa shape index (κ2) is 9.39. The van der Waals surface area contributed by atoms with Crippen molar-refractivity contribution < 1.29 is 19.1 Å². The van der Waals surface area contributed by atoms with Crippen LogP contribution in [0.4, 0.5) is 0 Å². The number of ether oxygens (including phenoxy) is 2. The predicted octanol–water partition coefficient (Wildman–Crippen LogP) is 1.59. The first-order valence-electron chi connectivity index (χ1n) is 8.48. The lowest BCUT2D eigenvalue weighted by atomic mass is 10.1. The highest BCUT2D eigenvalue weighted by Crippen LogP contribution is 2.11. The van der Waals surface area contributed by atoms with Crippen molar-refractivity contribution >= 4 is 11.9 Å². The second-order valence-electron chi connectivity index (χ2n) is 5.92. The van der Waals surface area contributed by atoms with Gasteiger partial charge in [-0.1, -0.05) is 19.1 Å². The maximum Gasteiger partial charge on any atom is 0.338 e. The van der Waals surface area contributed by atoms with E-state index in [2.05, 4.69) is 10.2 Å². The zero-order valence-electron chi connectivity index (χ0n) is 14.4. The van der Waals surface area contributed by atoms with Gasteiger partial charge in [0.25, 0.3) is 5.91 Å². The number of carbonyl (C=O) groups is 2. The van der Waals surface area contributed by atoms with Crippen molar-refractivity contribution in [1.29, 1.82) is 0 Å². The van der Waals surface area contributed by atoms with Gasteiger partial charge in [-0.15, -0.1) is 0 Å². The Balaban J connectivity index is 1.85. The van der Waals surface area contributed by atoms with Crippen molar-refractivity contribution in [1.82, 2.24) is 10.2 Å². The zero-order valence-corrected chi connectivity index (χ0v) is 14.4. The van der Waals surface area contributed by atoms with Crippen LogP contribution < -0.4 is 5.32 Å². The molecule has 24 heavy (non-hydrogen) atoms. The molecule has 1 amide bonds. The third-order valence-electron chi connectivity index (χ3n) is 3.90. The van der Waals surface area contributed by atoms with E-state index >= 15 is 0 Å². The highest BCUT2D eigenvalue weighted by Gasteiger charge is 2.18. The molecule has 6 heteroatoms. The second-order valence-corrected chi connectivity index (χ2v) is 5.92. The lowest BCUT2D eigenvalue weighted by Gasteiger charge is -2.26. The lowest BCUT2D eigenvalue weighted by molar-refractivity contribution is -0.129. The molecular formula is C18H26N2O4. The summed E-state index contributed by atoms with van der Waals surface area (Å²) in [6.45, 7) is 8.35. The molecule has 1 aliphatic heterocycles. The fourth-order valence-electron chi connectivity index (χ4n) is 2.44. The van der Waals surface area contributed by atoms with Crippen LogP contribution in [0, 0.1) is 0 Å². The number of nitrogens with one attached hydrogen (secondary N) is 1. The summed E-state index contributed by atoms with van der Waals surface area (Å²) < 4.78 is 10.5. The molecule has 1 aromatic carbocycles. The number of hydrogen-bond acceptors (Lipinski definition) is 5. The van der Waals surface area contributed by atoms with Crippen LogP contribution in [-0.4, -0.2) is 55.7 Å². The van der Waals surface area contributed by atoms with Crippen molar-refractivity contribution in [2.75, 3.05) is 32.8 Å². The minimum Gasteiger partial charge on any atom is -0.449 e. The Kier molecular flexibility index (Phi) is 7.21. The molecule has 0 spiro atoms. The van der Waals surface area contributed by atoms with Gasteiger partial charge < -0.3 is 14.8 Å². The monoisotopic (exact) mass is 334 g/mol. The molecule has 6 nitrogen and oxygen atoms in total. The van der Waals surface area contributed by atoms with Gasteiger partial charge in [0.2, 0.25) is 0 Å². The molecule has 0 radical (unpaired) electrons. The van der Waals surface area contributed by atoms with Gasteiger partial charge in [0.1, 0.15) is 0 Å². The number of morpholine rings is 1. The average Bonchev–Trinajstić information content (AvgIpc) is 2.61. The van der Waals surface area contributed by atoms with Gasteiger partial charge >= 0.3 is 5.97 Å². The van der Waals surface area contributed by atoms with Crippen LogP contribution in [0.25, 0.3) is 0 Å². The summed E-state index contributed by atoms with van der Waals surface area (Å²) in [6, 6.07) is 7.34. The Labute approximate surface area is 143 Å². The number of nitrogens with zero attached hydrogens (tertiary/aromatic N) is 1. The van der Waals surface area contributed by atoms with Gasteiger partial charge in [0.15, 0.2) is 6.10 Å². The smallest absolute Gasteiger partial charge is 0.338 e. The van der Waals surface area contributed by atoms with Gasteiger partial charge in [-0.2, -0.15) is 0 Å². The average molecular weight is 334 g/mol. The first kappa shape index (κ1) is 18.4. The van der Waals surface area contributed by atoms with Gasteiger partial charge in [0, 0.05) is 26.2 Å². The molecule has 0 aliphatic carbocycles. The molecule has 2 rings (SSSR count). The molecule has 0 aromatic heterocycles. The number of rotatable bonds is 7. The fourth-order valence-corrected chi connectivity index (χ4v) is 2.44. The standard InChI is InChI=1S/C18H26N2O4/c1-3-8-19-17(21)14(2)24-18(22)16-6-4-15(5-7-16)13-20-9-11-23-12-10-20/h4-7,14H,3,8-13H2,1-2H3,(H,19,21)/t14-/m1/s1. The van der Waals surface area contributed by atoms with Crippen molar-refractivity contribution in [2.24, 2.45) is 0 Å². The van der Waals surface area contributed by atoms with E-state index < -0.39 is 12.1 Å². The first-order chi connectivity index (χ1) is 11.6. The molecule has 1 saturated heterocycles. The van der Waals surface area contributed by atoms with Crippen LogP contribution in [-0.2, 0) is 20.8 Å². The molecule has 1 fully saturated rings. The van der Waals surface area contributed by atoms with Gasteiger partial charge in [-0.25, -0.2) is 4.79 Å². The Morgan fingerprint density at radius 2 is 1.92 bits per heavy atom. The number of esters is 1. The molecule has 132 valence electrons. The van der Waals surface area contributed by atoms with Crippen LogP contribution >= 0.6 is 0 Å². The van der Waals surface area contributed by atoms with Crippen molar-refractivity contribution in [2.45, 2.75) is 32.9 Å². The van der Waals surface area contributed by atoms with Crippen LogP contribution in [0.3, 0.4) is 0 Å². The van der Waals surface area contributed by atoms with E-state index in [0.717, 1.165) is 44.8 Å². The summed E-state index contributed by atoms with van der Waals surface area (Å²) in [5, 5.41) is 2.71. The molecule has 1 atom stereocenters. The number of benzene rings is 1. The maximum absolute atomic E-state index is 12.1. The van der Waals surface area contributed by atoms with E-state index in [1.54, 1.807) is 19.1 Å². The molecular weight excluding hydrogens is 308 g/mol. The summed E-state index contributed by atoms with van der Waals surface area (Å²) in [7, 11) is 0. The van der Waals surface area contributed by atoms with Gasteiger partial charge in [-0.3, -0.25) is 9.69 Å². The largest absolute Gasteiger partial charge is 0.449 e. The third kappa shape index (κ3) is 5.62. The number of amides is 1. The molecule has 0 unspecified atom stereocenters. The lowest BCUT2D eigenvalue weighted by Crippen LogP contribution is -2.36. The molecule has 1 aliphatic rings. The summed E-state index contributed by atoms with van der Waals surface area (Å²) in [4.78, 5) is 26.2. The normalized spacial score (nSPS) is 16.4. The minimum absolute atomic E-state index is 0.269. The molecule has 0 bridgehead atoms. The van der Waals surface area contributed by atoms with E-state index in [9.17, 15) is 9.59 Å². The van der Waals surface area contributed by atoms with E-state index in [0.29, 0.717) is 12.1 Å². The SMILES string of the molecule is CCCNC(=O)[C@@H](C)OC(=O)c1ccc(CN2CCOCC2)cc1. The summed E-state index contributed by atoms with van der Waals surface area (Å²) in [5.41, 5.74) is 1.60. The Morgan fingerprint density at radius 3 is 2.54 bits per heavy atom. The summed E-state index contributed by atoms with van der Waals surface area (Å²) >= 11 is 0. The quantitative estimate of drug-likeness (QED) is 0.767. The van der Waals surface area contributed by atoms with E-state index in [-0.39, 0.29) is 5.91 Å². The van der Waals surface area contributed by atoms with Crippen LogP contribution in [0.15, 0.2) is 24.3 Å². The Morgan fingerprint density at radius 1 is 1.25 bits per heavy atom. The summed E-state index contributed by atoms with van der Waals surface area (Å²) in [6.07, 6.45) is 0.0499. The Bertz CT molecular complexity index is 538. The fraction of sp³-hybridized carbons (Fsp3) is 0.556. The minimum atomic E-state index is -0.794. The van der Waals surface area contributed by atoms with Crippen LogP contribution in [0.2, 0.25) is 0 Å². The van der Waals surface area contributed by atoms with Gasteiger partial charge in [0.05, 0.1) is 18.8 Å². The third-order valence-corrected chi connectivity index (χ3v) is 3.90. The molecule has 0 saturated carbocycles. The topological polar surface area (TPSA) is 67.9 Å². The molecule has 1 N–H and O–H groups in total. The number of hydrogen-bond donors (Lipinski definition) is 1. The van der Waals surface area contributed by atoms with Crippen LogP contribution in [0.5, 0.6) is 0 Å². The number of carbonyl (C=O) groups excluding carboxylic acids is 2. The maximum atomic E-state index is 12.1.